The van der Waals surface area contributed by atoms with E-state index in [4.69, 9.17) is 10.2 Å². The highest BCUT2D eigenvalue weighted by Gasteiger charge is 2.25. The van der Waals surface area contributed by atoms with E-state index in [1.807, 2.05) is 13.0 Å². The van der Waals surface area contributed by atoms with Crippen molar-refractivity contribution in [2.45, 2.75) is 92.5 Å². The molecule has 0 fully saturated rings. The van der Waals surface area contributed by atoms with E-state index in [1.165, 1.54) is 37.5 Å². The van der Waals surface area contributed by atoms with E-state index in [0.29, 0.717) is 6.42 Å². The molecule has 1 aromatic rings. The van der Waals surface area contributed by atoms with Crippen molar-refractivity contribution in [3.05, 3.63) is 47.1 Å². The maximum absolute atomic E-state index is 11.2. The summed E-state index contributed by atoms with van der Waals surface area (Å²) in [7, 11) is 0. The van der Waals surface area contributed by atoms with Crippen molar-refractivity contribution in [2.24, 2.45) is 0 Å². The summed E-state index contributed by atoms with van der Waals surface area (Å²) >= 11 is 0. The van der Waals surface area contributed by atoms with E-state index in [9.17, 15) is 4.79 Å². The quantitative estimate of drug-likeness (QED) is 0.133. The van der Waals surface area contributed by atoms with Gasteiger partial charge >= 0.3 is 0 Å². The lowest BCUT2D eigenvalue weighted by molar-refractivity contribution is -0.124. The molecule has 0 aliphatic carbocycles. The molecule has 0 radical (unpaired) electrons. The van der Waals surface area contributed by atoms with Crippen LogP contribution in [0.25, 0.3) is 6.20 Å². The number of nitrogens with one attached hydrogen (secondary N) is 1. The summed E-state index contributed by atoms with van der Waals surface area (Å²) in [6.07, 6.45) is 14.9. The molecule has 0 aliphatic rings. The molecule has 1 rings (SSSR count). The zero-order chi connectivity index (χ0) is 24.1. The van der Waals surface area contributed by atoms with Crippen molar-refractivity contribution in [2.75, 3.05) is 13.1 Å². The molecule has 0 aromatic carbocycles. The van der Waals surface area contributed by atoms with Crippen molar-refractivity contribution in [1.29, 1.82) is 0 Å². The Hall–Kier alpha value is -2.18. The number of hydrogen-bond acceptors (Lipinski definition) is 4. The highest BCUT2D eigenvalue weighted by molar-refractivity contribution is 5.86. The van der Waals surface area contributed by atoms with Crippen LogP contribution in [0.4, 0.5) is 0 Å². The van der Waals surface area contributed by atoms with Gasteiger partial charge in [0.15, 0.2) is 0 Å². The lowest BCUT2D eigenvalue weighted by atomic mass is 9.90. The van der Waals surface area contributed by atoms with E-state index < -0.39 is 5.91 Å². The van der Waals surface area contributed by atoms with Crippen molar-refractivity contribution < 1.29 is 10.0 Å². The topological polar surface area (TPSA) is 70.4 Å². The SMILES string of the molecule is C/C=C(/C=C/C(=O)NO)CC=Cn1c(C)nc(C(C)(C)C)c1CN(CC)CCCCCC. The Morgan fingerprint density at radius 2 is 1.91 bits per heavy atom. The van der Waals surface area contributed by atoms with Gasteiger partial charge in [0.25, 0.3) is 5.91 Å². The maximum atomic E-state index is 11.2. The van der Waals surface area contributed by atoms with Crippen molar-refractivity contribution >= 4 is 12.1 Å². The molecule has 0 aliphatic heterocycles. The number of nitrogens with zero attached hydrogens (tertiary/aromatic N) is 3. The number of carbonyl (C=O) groups excluding carboxylic acids is 1. The monoisotopic (exact) mass is 444 g/mol. The predicted octanol–water partition coefficient (Wildman–Crippen LogP) is 5.76. The van der Waals surface area contributed by atoms with E-state index in [2.05, 4.69) is 63.3 Å². The maximum Gasteiger partial charge on any atom is 0.267 e. The van der Waals surface area contributed by atoms with Crippen LogP contribution in [-0.2, 0) is 16.8 Å². The van der Waals surface area contributed by atoms with Gasteiger partial charge in [0, 0.05) is 24.2 Å². The van der Waals surface area contributed by atoms with Crippen LogP contribution in [0.5, 0.6) is 0 Å². The highest BCUT2D eigenvalue weighted by Crippen LogP contribution is 2.28. The average Bonchev–Trinajstić information content (AvgIpc) is 3.07. The third-order valence-electron chi connectivity index (χ3n) is 5.58. The Morgan fingerprint density at radius 1 is 1.19 bits per heavy atom. The molecule has 6 heteroatoms. The van der Waals surface area contributed by atoms with E-state index in [-0.39, 0.29) is 5.41 Å². The number of rotatable bonds is 13. The molecule has 2 N–H and O–H groups in total. The fourth-order valence-corrected chi connectivity index (χ4v) is 3.66. The lowest BCUT2D eigenvalue weighted by Gasteiger charge is -2.24. The van der Waals surface area contributed by atoms with Gasteiger partial charge in [-0.3, -0.25) is 14.9 Å². The molecule has 0 atom stereocenters. The Labute approximate surface area is 195 Å². The molecule has 6 nitrogen and oxygen atoms in total. The van der Waals surface area contributed by atoms with Crippen LogP contribution in [0.3, 0.4) is 0 Å². The molecule has 1 heterocycles. The minimum Gasteiger partial charge on any atom is -0.306 e. The van der Waals surface area contributed by atoms with E-state index in [1.54, 1.807) is 11.6 Å². The molecular formula is C26H44N4O2. The normalized spacial score (nSPS) is 13.1. The first-order chi connectivity index (χ1) is 15.2. The van der Waals surface area contributed by atoms with Crippen molar-refractivity contribution in [3.8, 4) is 0 Å². The third-order valence-corrected chi connectivity index (χ3v) is 5.58. The largest absolute Gasteiger partial charge is 0.306 e. The number of allylic oxidation sites excluding steroid dienone is 4. The molecule has 0 saturated carbocycles. The third kappa shape index (κ3) is 9.13. The van der Waals surface area contributed by atoms with Crippen LogP contribution in [0.15, 0.2) is 29.9 Å². The second kappa shape index (κ2) is 14.1. The van der Waals surface area contributed by atoms with Gasteiger partial charge in [0.1, 0.15) is 5.82 Å². The fraction of sp³-hybridized carbons (Fsp3) is 0.615. The Kier molecular flexibility index (Phi) is 12.2. The first-order valence-corrected chi connectivity index (χ1v) is 11.9. The van der Waals surface area contributed by atoms with Crippen molar-refractivity contribution in [1.82, 2.24) is 19.9 Å². The summed E-state index contributed by atoms with van der Waals surface area (Å²) in [5.74, 6) is 0.454. The number of imidazole rings is 1. The van der Waals surface area contributed by atoms with Crippen LogP contribution < -0.4 is 5.48 Å². The number of aromatic nitrogens is 2. The number of carbonyl (C=O) groups is 1. The van der Waals surface area contributed by atoms with Crippen LogP contribution in [-0.4, -0.2) is 38.7 Å². The minimum atomic E-state index is -0.533. The number of hydroxylamine groups is 1. The van der Waals surface area contributed by atoms with Gasteiger partial charge in [-0.1, -0.05) is 72.1 Å². The van der Waals surface area contributed by atoms with E-state index >= 15 is 0 Å². The second-order valence-electron chi connectivity index (χ2n) is 9.27. The van der Waals surface area contributed by atoms with Gasteiger partial charge in [0.2, 0.25) is 0 Å². The predicted molar refractivity (Wildman–Crippen MR) is 134 cm³/mol. The lowest BCUT2D eigenvalue weighted by Crippen LogP contribution is -2.27. The van der Waals surface area contributed by atoms with Crippen LogP contribution in [0.1, 0.15) is 90.9 Å². The van der Waals surface area contributed by atoms with Gasteiger partial charge in [-0.05, 0) is 45.4 Å². The number of unbranched alkanes of at least 4 members (excludes halogenated alkanes) is 3. The smallest absolute Gasteiger partial charge is 0.267 e. The van der Waals surface area contributed by atoms with Gasteiger partial charge in [-0.15, -0.1) is 0 Å². The molecule has 0 saturated heterocycles. The summed E-state index contributed by atoms with van der Waals surface area (Å²) < 4.78 is 2.21. The fourth-order valence-electron chi connectivity index (χ4n) is 3.66. The Balaban J connectivity index is 3.10. The van der Waals surface area contributed by atoms with Crippen LogP contribution in [0.2, 0.25) is 0 Å². The van der Waals surface area contributed by atoms with Gasteiger partial charge in [-0.25, -0.2) is 10.5 Å². The van der Waals surface area contributed by atoms with E-state index in [0.717, 1.165) is 36.7 Å². The average molecular weight is 445 g/mol. The van der Waals surface area contributed by atoms with Crippen LogP contribution in [0, 0.1) is 6.92 Å². The summed E-state index contributed by atoms with van der Waals surface area (Å²) in [5.41, 5.74) is 4.98. The Bertz CT molecular complexity index is 797. The summed E-state index contributed by atoms with van der Waals surface area (Å²) in [6, 6.07) is 0. The standard InChI is InChI=1S/C26H44N4O2/c1-8-11-12-13-18-29(10-3)20-23-25(26(5,6)7)27-21(4)30(23)19-14-15-22(9-2)16-17-24(31)28-32/h9,14,16-17,19,32H,8,10-13,15,18,20H2,1-7H3,(H,28,31)/b17-16+,19-14?,22-9+. The minimum absolute atomic E-state index is 0.0321. The summed E-state index contributed by atoms with van der Waals surface area (Å²) in [4.78, 5) is 18.7. The highest BCUT2D eigenvalue weighted by atomic mass is 16.5. The number of amides is 1. The zero-order valence-corrected chi connectivity index (χ0v) is 21.2. The van der Waals surface area contributed by atoms with Crippen molar-refractivity contribution in [3.63, 3.8) is 0 Å². The first-order valence-electron chi connectivity index (χ1n) is 11.9. The molecule has 32 heavy (non-hydrogen) atoms. The van der Waals surface area contributed by atoms with Gasteiger partial charge in [-0.2, -0.15) is 0 Å². The molecule has 0 bridgehead atoms. The second-order valence-corrected chi connectivity index (χ2v) is 9.27. The molecule has 1 aromatic heterocycles. The Morgan fingerprint density at radius 3 is 2.47 bits per heavy atom. The van der Waals surface area contributed by atoms with Gasteiger partial charge < -0.3 is 4.57 Å². The molecule has 180 valence electrons. The van der Waals surface area contributed by atoms with Crippen LogP contribution >= 0.6 is 0 Å². The summed E-state index contributed by atoms with van der Waals surface area (Å²) in [6.45, 7) is 18.1. The number of aryl methyl sites for hydroxylation is 1. The molecule has 1 amide bonds. The van der Waals surface area contributed by atoms with Gasteiger partial charge in [0.05, 0.1) is 11.4 Å². The zero-order valence-electron chi connectivity index (χ0n) is 21.2. The molecular weight excluding hydrogens is 400 g/mol. The first kappa shape index (κ1) is 27.9. The number of hydrogen-bond donors (Lipinski definition) is 2. The molecule has 0 spiro atoms. The summed E-state index contributed by atoms with van der Waals surface area (Å²) in [5, 5.41) is 8.65. The molecule has 0 unspecified atom stereocenters.